The number of hydrogen-bond donors (Lipinski definition) is 3. The Morgan fingerprint density at radius 1 is 1.48 bits per heavy atom. The Kier molecular flexibility index (Phi) is 6.67. The molecule has 2 unspecified atom stereocenters. The first-order chi connectivity index (χ1) is 11.2. The molecular weight excluding hydrogens is 294 g/mol. The number of benzene rings is 1. The third-order valence-electron chi connectivity index (χ3n) is 4.34. The van der Waals surface area contributed by atoms with Crippen LogP contribution in [0.15, 0.2) is 24.3 Å². The van der Waals surface area contributed by atoms with E-state index in [1.54, 1.807) is 7.11 Å². The summed E-state index contributed by atoms with van der Waals surface area (Å²) in [6, 6.07) is 7.81. The van der Waals surface area contributed by atoms with Gasteiger partial charge in [-0.05, 0) is 24.5 Å². The molecule has 2 amide bonds. The Hall–Kier alpha value is -1.79. The van der Waals surface area contributed by atoms with Crippen molar-refractivity contribution in [1.82, 2.24) is 10.6 Å². The number of nitrogens with one attached hydrogen (secondary N) is 2. The second-order valence-corrected chi connectivity index (χ2v) is 5.98. The first-order valence-electron chi connectivity index (χ1n) is 8.10. The Morgan fingerprint density at radius 3 is 3.00 bits per heavy atom. The molecule has 3 N–H and O–H groups in total. The van der Waals surface area contributed by atoms with Crippen molar-refractivity contribution >= 4 is 11.7 Å². The molecule has 1 aromatic carbocycles. The van der Waals surface area contributed by atoms with Crippen molar-refractivity contribution in [3.8, 4) is 0 Å². The minimum Gasteiger partial charge on any atom is -0.394 e. The van der Waals surface area contributed by atoms with Crippen molar-refractivity contribution in [2.24, 2.45) is 0 Å². The lowest BCUT2D eigenvalue weighted by atomic mass is 9.90. The highest BCUT2D eigenvalue weighted by Gasteiger charge is 2.23. The Bertz CT molecular complexity index is 510. The summed E-state index contributed by atoms with van der Waals surface area (Å²) in [6.45, 7) is 2.00. The SMILES string of the molecule is COCCC(CO)NC(=O)NCC1CCN(C)c2ccccc21. The first-order valence-corrected chi connectivity index (χ1v) is 8.10. The molecule has 2 rings (SSSR count). The normalized spacial score (nSPS) is 18.2. The second-order valence-electron chi connectivity index (χ2n) is 5.98. The van der Waals surface area contributed by atoms with Gasteiger partial charge in [0.25, 0.3) is 0 Å². The van der Waals surface area contributed by atoms with E-state index in [4.69, 9.17) is 4.74 Å². The van der Waals surface area contributed by atoms with E-state index in [0.29, 0.717) is 25.5 Å². The summed E-state index contributed by atoms with van der Waals surface area (Å²) in [6.07, 6.45) is 1.61. The Labute approximate surface area is 137 Å². The molecule has 1 aliphatic rings. The maximum absolute atomic E-state index is 12.0. The Morgan fingerprint density at radius 2 is 2.26 bits per heavy atom. The molecule has 1 heterocycles. The minimum absolute atomic E-state index is 0.0894. The molecule has 0 aromatic heterocycles. The van der Waals surface area contributed by atoms with E-state index in [0.717, 1.165) is 13.0 Å². The summed E-state index contributed by atoms with van der Waals surface area (Å²) >= 11 is 0. The van der Waals surface area contributed by atoms with Crippen molar-refractivity contribution in [2.75, 3.05) is 45.4 Å². The van der Waals surface area contributed by atoms with E-state index in [1.807, 2.05) is 12.1 Å². The number of urea groups is 1. The van der Waals surface area contributed by atoms with E-state index in [9.17, 15) is 9.90 Å². The van der Waals surface area contributed by atoms with Gasteiger partial charge in [0.15, 0.2) is 0 Å². The van der Waals surface area contributed by atoms with Crippen LogP contribution >= 0.6 is 0 Å². The lowest BCUT2D eigenvalue weighted by Gasteiger charge is -2.33. The van der Waals surface area contributed by atoms with Gasteiger partial charge in [0.2, 0.25) is 0 Å². The minimum atomic E-state index is -0.278. The molecule has 0 radical (unpaired) electrons. The van der Waals surface area contributed by atoms with Gasteiger partial charge in [-0.2, -0.15) is 0 Å². The van der Waals surface area contributed by atoms with Gasteiger partial charge in [0.05, 0.1) is 12.6 Å². The number of fused-ring (bicyclic) bond motifs is 1. The number of amides is 2. The molecule has 0 aliphatic carbocycles. The highest BCUT2D eigenvalue weighted by Crippen LogP contribution is 2.33. The average Bonchev–Trinajstić information content (AvgIpc) is 2.58. The molecule has 0 saturated carbocycles. The molecule has 128 valence electrons. The van der Waals surface area contributed by atoms with Crippen molar-refractivity contribution in [3.63, 3.8) is 0 Å². The smallest absolute Gasteiger partial charge is 0.315 e. The van der Waals surface area contributed by atoms with Crippen LogP contribution in [0.25, 0.3) is 0 Å². The summed E-state index contributed by atoms with van der Waals surface area (Å²) in [5.41, 5.74) is 2.51. The van der Waals surface area contributed by atoms with Crippen LogP contribution in [0, 0.1) is 0 Å². The van der Waals surface area contributed by atoms with Gasteiger partial charge in [-0.25, -0.2) is 4.79 Å². The molecule has 1 aliphatic heterocycles. The van der Waals surface area contributed by atoms with Gasteiger partial charge < -0.3 is 25.4 Å². The summed E-state index contributed by atoms with van der Waals surface area (Å²) in [5.74, 6) is 0.319. The zero-order chi connectivity index (χ0) is 16.7. The fourth-order valence-electron chi connectivity index (χ4n) is 2.94. The van der Waals surface area contributed by atoms with Gasteiger partial charge in [-0.15, -0.1) is 0 Å². The summed E-state index contributed by atoms with van der Waals surface area (Å²) in [7, 11) is 3.70. The predicted molar refractivity (Wildman–Crippen MR) is 91.0 cm³/mol. The molecule has 6 nitrogen and oxygen atoms in total. The number of aliphatic hydroxyl groups excluding tert-OH is 1. The number of methoxy groups -OCH3 is 1. The van der Waals surface area contributed by atoms with Crippen LogP contribution in [-0.4, -0.2) is 57.6 Å². The van der Waals surface area contributed by atoms with Gasteiger partial charge in [0, 0.05) is 45.5 Å². The average molecular weight is 321 g/mol. The van der Waals surface area contributed by atoms with Crippen LogP contribution in [0.3, 0.4) is 0 Å². The lowest BCUT2D eigenvalue weighted by molar-refractivity contribution is 0.159. The number of ether oxygens (including phenoxy) is 1. The highest BCUT2D eigenvalue weighted by molar-refractivity contribution is 5.74. The molecule has 23 heavy (non-hydrogen) atoms. The van der Waals surface area contributed by atoms with Crippen molar-refractivity contribution in [1.29, 1.82) is 0 Å². The Balaban J connectivity index is 1.86. The van der Waals surface area contributed by atoms with Crippen LogP contribution < -0.4 is 15.5 Å². The predicted octanol–water partition coefficient (Wildman–Crippen LogP) is 1.31. The van der Waals surface area contributed by atoms with E-state index < -0.39 is 0 Å². The third kappa shape index (κ3) is 4.84. The van der Waals surface area contributed by atoms with Gasteiger partial charge in [0.1, 0.15) is 0 Å². The highest BCUT2D eigenvalue weighted by atomic mass is 16.5. The third-order valence-corrected chi connectivity index (χ3v) is 4.34. The van der Waals surface area contributed by atoms with Crippen LogP contribution in [0.2, 0.25) is 0 Å². The number of hydrogen-bond acceptors (Lipinski definition) is 4. The molecular formula is C17H27N3O3. The van der Waals surface area contributed by atoms with Gasteiger partial charge in [-0.3, -0.25) is 0 Å². The monoisotopic (exact) mass is 321 g/mol. The number of anilines is 1. The van der Waals surface area contributed by atoms with Crippen molar-refractivity contribution in [3.05, 3.63) is 29.8 Å². The molecule has 0 spiro atoms. The van der Waals surface area contributed by atoms with E-state index in [-0.39, 0.29) is 18.7 Å². The fourth-order valence-corrected chi connectivity index (χ4v) is 2.94. The molecule has 0 bridgehead atoms. The zero-order valence-electron chi connectivity index (χ0n) is 13.9. The summed E-state index contributed by atoms with van der Waals surface area (Å²) in [5, 5.41) is 15.0. The van der Waals surface area contributed by atoms with Crippen LogP contribution in [-0.2, 0) is 4.74 Å². The molecule has 0 fully saturated rings. The number of carbonyl (C=O) groups is 1. The number of aliphatic hydroxyl groups is 1. The van der Waals surface area contributed by atoms with E-state index in [2.05, 4.69) is 34.7 Å². The van der Waals surface area contributed by atoms with Crippen LogP contribution in [0.1, 0.15) is 24.3 Å². The van der Waals surface area contributed by atoms with Gasteiger partial charge >= 0.3 is 6.03 Å². The largest absolute Gasteiger partial charge is 0.394 e. The fraction of sp³-hybridized carbons (Fsp3) is 0.588. The molecule has 1 aromatic rings. The molecule has 0 saturated heterocycles. The molecule has 2 atom stereocenters. The zero-order valence-corrected chi connectivity index (χ0v) is 13.9. The van der Waals surface area contributed by atoms with Gasteiger partial charge in [-0.1, -0.05) is 18.2 Å². The topological polar surface area (TPSA) is 73.8 Å². The number of carbonyl (C=O) groups excluding carboxylic acids is 1. The summed E-state index contributed by atoms with van der Waals surface area (Å²) < 4.78 is 4.97. The maximum Gasteiger partial charge on any atom is 0.315 e. The second kappa shape index (κ2) is 8.74. The molecule has 6 heteroatoms. The van der Waals surface area contributed by atoms with Crippen molar-refractivity contribution < 1.29 is 14.6 Å². The van der Waals surface area contributed by atoms with Crippen molar-refractivity contribution in [2.45, 2.75) is 24.8 Å². The quantitative estimate of drug-likeness (QED) is 0.708. The summed E-state index contributed by atoms with van der Waals surface area (Å²) in [4.78, 5) is 14.3. The van der Waals surface area contributed by atoms with Crippen LogP contribution in [0.5, 0.6) is 0 Å². The lowest BCUT2D eigenvalue weighted by Crippen LogP contribution is -2.45. The standard InChI is InChI=1S/C17H27N3O3/c1-20-9-7-13(15-5-3-4-6-16(15)20)11-18-17(22)19-14(12-21)8-10-23-2/h3-6,13-14,21H,7-12H2,1-2H3,(H2,18,19,22). The maximum atomic E-state index is 12.0. The number of para-hydroxylation sites is 1. The van der Waals surface area contributed by atoms with E-state index >= 15 is 0 Å². The number of nitrogens with zero attached hydrogens (tertiary/aromatic N) is 1. The first kappa shape index (κ1) is 17.6. The number of rotatable bonds is 7. The van der Waals surface area contributed by atoms with E-state index in [1.165, 1.54) is 11.3 Å². The van der Waals surface area contributed by atoms with Crippen LogP contribution in [0.4, 0.5) is 10.5 Å².